The Balaban J connectivity index is 2.07. The zero-order chi connectivity index (χ0) is 14.0. The predicted molar refractivity (Wildman–Crippen MR) is 77.6 cm³/mol. The highest BCUT2D eigenvalue weighted by atomic mass is 16.1. The number of carbonyl (C=O) groups is 1. The van der Waals surface area contributed by atoms with Gasteiger partial charge in [-0.15, -0.1) is 0 Å². The second-order valence-corrected chi connectivity index (χ2v) is 6.50. The molecular weight excluding hydrogens is 236 g/mol. The minimum absolute atomic E-state index is 0.0275. The molecule has 0 bridgehead atoms. The maximum atomic E-state index is 11.1. The molecule has 104 valence electrons. The van der Waals surface area contributed by atoms with E-state index in [1.165, 1.54) is 36.0 Å². The van der Waals surface area contributed by atoms with Crippen molar-refractivity contribution in [2.45, 2.75) is 52.0 Å². The minimum atomic E-state index is -0.258. The van der Waals surface area contributed by atoms with Gasteiger partial charge in [0.25, 0.3) is 0 Å². The summed E-state index contributed by atoms with van der Waals surface area (Å²) in [6, 6.07) is 6.56. The Morgan fingerprint density at radius 1 is 1.32 bits per heavy atom. The molecule has 3 heteroatoms. The zero-order valence-electron chi connectivity index (χ0n) is 11.9. The Labute approximate surface area is 115 Å². The molecular formula is C16H24N2O. The molecule has 0 aliphatic heterocycles. The average Bonchev–Trinajstić information content (AvgIpc) is 2.72. The first-order valence-electron chi connectivity index (χ1n) is 7.03. The molecule has 1 aromatic carbocycles. The van der Waals surface area contributed by atoms with Crippen molar-refractivity contribution in [3.63, 3.8) is 0 Å². The van der Waals surface area contributed by atoms with Crippen molar-refractivity contribution in [3.8, 4) is 0 Å². The summed E-state index contributed by atoms with van der Waals surface area (Å²) in [5, 5.41) is 0. The molecule has 1 unspecified atom stereocenters. The number of rotatable bonds is 5. The van der Waals surface area contributed by atoms with Crippen LogP contribution in [0.3, 0.4) is 0 Å². The van der Waals surface area contributed by atoms with Gasteiger partial charge in [0.2, 0.25) is 5.91 Å². The summed E-state index contributed by atoms with van der Waals surface area (Å²) < 4.78 is 0. The topological polar surface area (TPSA) is 69.1 Å². The summed E-state index contributed by atoms with van der Waals surface area (Å²) >= 11 is 0. The molecule has 0 saturated heterocycles. The standard InChI is InChI=1S/C16H24N2O/c1-16(2,10-15(18)19)9-14(17)13-7-6-11-4-3-5-12(11)8-13/h6-8,14H,3-5,9-10,17H2,1-2H3,(H2,18,19). The normalized spacial score (nSPS) is 16.2. The highest BCUT2D eigenvalue weighted by Crippen LogP contribution is 2.33. The maximum Gasteiger partial charge on any atom is 0.217 e. The van der Waals surface area contributed by atoms with Crippen molar-refractivity contribution < 1.29 is 4.79 Å². The third kappa shape index (κ3) is 3.57. The molecule has 0 saturated carbocycles. The molecule has 0 spiro atoms. The van der Waals surface area contributed by atoms with Gasteiger partial charge in [0, 0.05) is 12.5 Å². The van der Waals surface area contributed by atoms with Crippen LogP contribution in [0.1, 0.15) is 55.8 Å². The molecule has 19 heavy (non-hydrogen) atoms. The zero-order valence-corrected chi connectivity index (χ0v) is 11.9. The largest absolute Gasteiger partial charge is 0.370 e. The minimum Gasteiger partial charge on any atom is -0.370 e. The fourth-order valence-electron chi connectivity index (χ4n) is 3.08. The molecule has 1 atom stereocenters. The van der Waals surface area contributed by atoms with Crippen LogP contribution >= 0.6 is 0 Å². The van der Waals surface area contributed by atoms with Crippen molar-refractivity contribution in [1.82, 2.24) is 0 Å². The fraction of sp³-hybridized carbons (Fsp3) is 0.562. The Hall–Kier alpha value is -1.35. The van der Waals surface area contributed by atoms with Crippen LogP contribution < -0.4 is 11.5 Å². The van der Waals surface area contributed by atoms with E-state index in [0.29, 0.717) is 6.42 Å². The van der Waals surface area contributed by atoms with Gasteiger partial charge in [0.1, 0.15) is 0 Å². The Kier molecular flexibility index (Phi) is 3.95. The Morgan fingerprint density at radius 2 is 2.00 bits per heavy atom. The third-order valence-electron chi connectivity index (χ3n) is 3.98. The summed E-state index contributed by atoms with van der Waals surface area (Å²) in [5.74, 6) is -0.258. The van der Waals surface area contributed by atoms with Crippen LogP contribution in [0.5, 0.6) is 0 Å². The van der Waals surface area contributed by atoms with Gasteiger partial charge in [0.05, 0.1) is 0 Å². The van der Waals surface area contributed by atoms with Gasteiger partial charge in [-0.3, -0.25) is 4.79 Å². The lowest BCUT2D eigenvalue weighted by Crippen LogP contribution is -2.27. The monoisotopic (exact) mass is 260 g/mol. The molecule has 2 rings (SSSR count). The lowest BCUT2D eigenvalue weighted by atomic mass is 9.80. The first-order valence-corrected chi connectivity index (χ1v) is 7.03. The Morgan fingerprint density at radius 3 is 2.68 bits per heavy atom. The van der Waals surface area contributed by atoms with E-state index in [2.05, 4.69) is 18.2 Å². The van der Waals surface area contributed by atoms with E-state index in [4.69, 9.17) is 11.5 Å². The highest BCUT2D eigenvalue weighted by Gasteiger charge is 2.25. The highest BCUT2D eigenvalue weighted by molar-refractivity contribution is 5.74. The first-order chi connectivity index (χ1) is 8.87. The number of fused-ring (bicyclic) bond motifs is 1. The number of hydrogen-bond donors (Lipinski definition) is 2. The molecule has 1 aliphatic carbocycles. The molecule has 0 heterocycles. The molecule has 1 amide bonds. The number of nitrogens with two attached hydrogens (primary N) is 2. The summed E-state index contributed by atoms with van der Waals surface area (Å²) in [5.41, 5.74) is 15.5. The first kappa shape index (κ1) is 14.1. The van der Waals surface area contributed by atoms with Crippen LogP contribution in [0.25, 0.3) is 0 Å². The summed E-state index contributed by atoms with van der Waals surface area (Å²) in [7, 11) is 0. The van der Waals surface area contributed by atoms with Gasteiger partial charge in [-0.2, -0.15) is 0 Å². The van der Waals surface area contributed by atoms with Crippen molar-refractivity contribution in [3.05, 3.63) is 34.9 Å². The number of aryl methyl sites for hydroxylation is 2. The quantitative estimate of drug-likeness (QED) is 0.854. The van der Waals surface area contributed by atoms with Crippen LogP contribution in [0.15, 0.2) is 18.2 Å². The third-order valence-corrected chi connectivity index (χ3v) is 3.98. The second kappa shape index (κ2) is 5.33. The van der Waals surface area contributed by atoms with E-state index in [1.54, 1.807) is 0 Å². The average molecular weight is 260 g/mol. The van der Waals surface area contributed by atoms with Gasteiger partial charge in [-0.05, 0) is 47.8 Å². The van der Waals surface area contributed by atoms with Gasteiger partial charge in [0.15, 0.2) is 0 Å². The SMILES string of the molecule is CC(C)(CC(N)=O)CC(N)c1ccc2c(c1)CCC2. The molecule has 4 N–H and O–H groups in total. The van der Waals surface area contributed by atoms with Crippen LogP contribution in [-0.2, 0) is 17.6 Å². The molecule has 0 aromatic heterocycles. The second-order valence-electron chi connectivity index (χ2n) is 6.50. The van der Waals surface area contributed by atoms with Crippen LogP contribution in [0.2, 0.25) is 0 Å². The smallest absolute Gasteiger partial charge is 0.217 e. The van der Waals surface area contributed by atoms with E-state index in [-0.39, 0.29) is 17.4 Å². The predicted octanol–water partition coefficient (Wildman–Crippen LogP) is 2.47. The van der Waals surface area contributed by atoms with E-state index in [9.17, 15) is 4.79 Å². The van der Waals surface area contributed by atoms with Crippen molar-refractivity contribution in [2.24, 2.45) is 16.9 Å². The van der Waals surface area contributed by atoms with E-state index in [1.807, 2.05) is 13.8 Å². The Bertz CT molecular complexity index is 480. The molecule has 1 aliphatic rings. The summed E-state index contributed by atoms with van der Waals surface area (Å²) in [4.78, 5) is 11.1. The van der Waals surface area contributed by atoms with E-state index < -0.39 is 0 Å². The van der Waals surface area contributed by atoms with Gasteiger partial charge in [-0.1, -0.05) is 32.0 Å². The van der Waals surface area contributed by atoms with Crippen LogP contribution in [0.4, 0.5) is 0 Å². The number of amides is 1. The molecule has 0 fully saturated rings. The van der Waals surface area contributed by atoms with E-state index in [0.717, 1.165) is 6.42 Å². The van der Waals surface area contributed by atoms with Crippen molar-refractivity contribution in [1.29, 1.82) is 0 Å². The lowest BCUT2D eigenvalue weighted by Gasteiger charge is -2.27. The maximum absolute atomic E-state index is 11.1. The van der Waals surface area contributed by atoms with Crippen molar-refractivity contribution >= 4 is 5.91 Å². The number of hydrogen-bond acceptors (Lipinski definition) is 2. The number of benzene rings is 1. The van der Waals surface area contributed by atoms with Gasteiger partial charge in [-0.25, -0.2) is 0 Å². The molecule has 0 radical (unpaired) electrons. The van der Waals surface area contributed by atoms with Gasteiger partial charge >= 0.3 is 0 Å². The summed E-state index contributed by atoms with van der Waals surface area (Å²) in [6.07, 6.45) is 4.76. The van der Waals surface area contributed by atoms with E-state index >= 15 is 0 Å². The van der Waals surface area contributed by atoms with Crippen LogP contribution in [-0.4, -0.2) is 5.91 Å². The molecule has 3 nitrogen and oxygen atoms in total. The molecule has 1 aromatic rings. The van der Waals surface area contributed by atoms with Gasteiger partial charge < -0.3 is 11.5 Å². The van der Waals surface area contributed by atoms with Crippen molar-refractivity contribution in [2.75, 3.05) is 0 Å². The fourth-order valence-corrected chi connectivity index (χ4v) is 3.08. The number of primary amides is 1. The lowest BCUT2D eigenvalue weighted by molar-refractivity contribution is -0.120. The van der Waals surface area contributed by atoms with Crippen LogP contribution in [0, 0.1) is 5.41 Å². The number of carbonyl (C=O) groups excluding carboxylic acids is 1. The summed E-state index contributed by atoms with van der Waals surface area (Å²) in [6.45, 7) is 4.09.